The zero-order valence-electron chi connectivity index (χ0n) is 19.2. The van der Waals surface area contributed by atoms with E-state index in [1.165, 1.54) is 24.0 Å². The van der Waals surface area contributed by atoms with E-state index in [0.717, 1.165) is 37.2 Å². The predicted molar refractivity (Wildman–Crippen MR) is 114 cm³/mol. The third-order valence-corrected chi connectivity index (χ3v) is 5.14. The van der Waals surface area contributed by atoms with Crippen molar-refractivity contribution in [2.75, 3.05) is 27.7 Å². The van der Waals surface area contributed by atoms with Crippen LogP contribution in [0.25, 0.3) is 0 Å². The molecule has 1 atom stereocenters. The van der Waals surface area contributed by atoms with Crippen LogP contribution in [0.2, 0.25) is 0 Å². The average molecular weight is 411 g/mol. The maximum absolute atomic E-state index is 12.2. The van der Waals surface area contributed by atoms with Crippen LogP contribution in [0.3, 0.4) is 0 Å². The van der Waals surface area contributed by atoms with Crippen LogP contribution in [0, 0.1) is 13.8 Å². The molecule has 1 N–H and O–H groups in total. The molecule has 0 saturated heterocycles. The summed E-state index contributed by atoms with van der Waals surface area (Å²) in [4.78, 5) is 23.2. The number of likely N-dealkylation sites (N-methyl/N-ethyl adjacent to an activating group) is 1. The van der Waals surface area contributed by atoms with Crippen molar-refractivity contribution < 1.29 is 28.3 Å². The number of unbranched alkanes of at least 4 members (excludes halogenated alkanes) is 3. The Kier molecular flexibility index (Phi) is 10.4. The summed E-state index contributed by atoms with van der Waals surface area (Å²) >= 11 is 0. The Balaban J connectivity index is 2.45. The maximum atomic E-state index is 12.2. The maximum Gasteiger partial charge on any atom is 0.307 e. The molecule has 1 heterocycles. The zero-order valence-corrected chi connectivity index (χ0v) is 19.2. The zero-order chi connectivity index (χ0) is 22.0. The van der Waals surface area contributed by atoms with Gasteiger partial charge in [0.15, 0.2) is 6.10 Å². The largest absolute Gasteiger partial charge is 0.481 e. The van der Waals surface area contributed by atoms with Crippen molar-refractivity contribution in [3.8, 4) is 0 Å². The van der Waals surface area contributed by atoms with Gasteiger partial charge in [0.2, 0.25) is 0 Å². The van der Waals surface area contributed by atoms with E-state index < -0.39 is 12.1 Å². The van der Waals surface area contributed by atoms with Gasteiger partial charge in [-0.05, 0) is 44.2 Å². The number of hydrogen-bond donors (Lipinski definition) is 1. The number of carboxylic acid groups (broad SMARTS) is 1. The predicted octanol–water partition coefficient (Wildman–Crippen LogP) is 4.43. The summed E-state index contributed by atoms with van der Waals surface area (Å²) in [6.07, 6.45) is 6.46. The Morgan fingerprint density at radius 2 is 1.55 bits per heavy atom. The monoisotopic (exact) mass is 410 g/mol. The summed E-state index contributed by atoms with van der Waals surface area (Å²) in [5.74, 6) is 0.852. The van der Waals surface area contributed by atoms with Crippen molar-refractivity contribution >= 4 is 11.9 Å². The smallest absolute Gasteiger partial charge is 0.307 e. The molecule has 0 aliphatic rings. The van der Waals surface area contributed by atoms with Crippen LogP contribution in [-0.4, -0.2) is 55.3 Å². The summed E-state index contributed by atoms with van der Waals surface area (Å²) in [6, 6.07) is 0. The number of aryl methyl sites for hydroxylation is 2. The highest BCUT2D eigenvalue weighted by Gasteiger charge is 2.24. The van der Waals surface area contributed by atoms with Gasteiger partial charge in [-0.1, -0.05) is 19.8 Å². The number of ether oxygens (including phenoxy) is 1. The normalized spacial score (nSPS) is 12.8. The van der Waals surface area contributed by atoms with Gasteiger partial charge in [0.05, 0.1) is 27.6 Å². The van der Waals surface area contributed by atoms with Crippen molar-refractivity contribution in [1.29, 1.82) is 0 Å². The summed E-state index contributed by atoms with van der Waals surface area (Å²) in [7, 11) is 5.85. The molecule has 0 amide bonds. The summed E-state index contributed by atoms with van der Waals surface area (Å²) in [5.41, 5.74) is 2.48. The lowest BCUT2D eigenvalue weighted by Crippen LogP contribution is -2.43. The molecule has 0 radical (unpaired) electrons. The molecule has 6 nitrogen and oxygen atoms in total. The average Bonchev–Trinajstić information content (AvgIpc) is 2.85. The Morgan fingerprint density at radius 3 is 2.03 bits per heavy atom. The SMILES string of the molecule is CCCCCc1oc(CCCCC(=O)OC(CC(=O)O)C[N+](C)(C)C)c(C)c1C. The molecule has 1 rings (SSSR count). The van der Waals surface area contributed by atoms with E-state index >= 15 is 0 Å². The van der Waals surface area contributed by atoms with E-state index in [1.807, 2.05) is 21.1 Å². The van der Waals surface area contributed by atoms with Crippen molar-refractivity contribution in [1.82, 2.24) is 0 Å². The molecule has 1 aromatic heterocycles. The van der Waals surface area contributed by atoms with Gasteiger partial charge in [-0.3, -0.25) is 9.59 Å². The molecule has 1 unspecified atom stereocenters. The van der Waals surface area contributed by atoms with Gasteiger partial charge >= 0.3 is 11.9 Å². The number of esters is 1. The summed E-state index contributed by atoms with van der Waals surface area (Å²) < 4.78 is 12.1. The minimum absolute atomic E-state index is 0.160. The molecule has 166 valence electrons. The number of carbonyl (C=O) groups excluding carboxylic acids is 1. The van der Waals surface area contributed by atoms with Crippen LogP contribution in [0.1, 0.15) is 74.5 Å². The molecule has 0 bridgehead atoms. The Morgan fingerprint density at radius 1 is 1.00 bits per heavy atom. The molecule has 29 heavy (non-hydrogen) atoms. The topological polar surface area (TPSA) is 76.7 Å². The van der Waals surface area contributed by atoms with Crippen molar-refractivity contribution in [2.24, 2.45) is 0 Å². The van der Waals surface area contributed by atoms with E-state index in [4.69, 9.17) is 14.3 Å². The van der Waals surface area contributed by atoms with Crippen molar-refractivity contribution in [3.63, 3.8) is 0 Å². The molecule has 0 saturated carbocycles. The van der Waals surface area contributed by atoms with Crippen LogP contribution >= 0.6 is 0 Å². The van der Waals surface area contributed by atoms with Crippen LogP contribution < -0.4 is 0 Å². The molecule has 6 heteroatoms. The summed E-state index contributed by atoms with van der Waals surface area (Å²) in [5, 5.41) is 9.04. The molecule has 0 aliphatic carbocycles. The summed E-state index contributed by atoms with van der Waals surface area (Å²) in [6.45, 7) is 6.90. The second-order valence-electron chi connectivity index (χ2n) is 9.05. The van der Waals surface area contributed by atoms with Gasteiger partial charge in [-0.15, -0.1) is 0 Å². The lowest BCUT2D eigenvalue weighted by molar-refractivity contribution is -0.873. The van der Waals surface area contributed by atoms with Crippen LogP contribution in [0.4, 0.5) is 0 Å². The number of hydrogen-bond acceptors (Lipinski definition) is 4. The lowest BCUT2D eigenvalue weighted by Gasteiger charge is -2.28. The first-order valence-corrected chi connectivity index (χ1v) is 10.8. The van der Waals surface area contributed by atoms with Crippen molar-refractivity contribution in [2.45, 2.75) is 84.7 Å². The minimum atomic E-state index is -0.949. The molecule has 0 aromatic carbocycles. The number of carboxylic acids is 1. The van der Waals surface area contributed by atoms with E-state index in [2.05, 4.69) is 20.8 Å². The van der Waals surface area contributed by atoms with Gasteiger partial charge in [0.1, 0.15) is 18.1 Å². The van der Waals surface area contributed by atoms with E-state index in [1.54, 1.807) is 0 Å². The Labute approximate surface area is 175 Å². The van der Waals surface area contributed by atoms with Gasteiger partial charge in [0.25, 0.3) is 0 Å². The van der Waals surface area contributed by atoms with Crippen LogP contribution in [-0.2, 0) is 27.2 Å². The van der Waals surface area contributed by atoms with Gasteiger partial charge in [-0.25, -0.2) is 0 Å². The highest BCUT2D eigenvalue weighted by molar-refractivity contribution is 5.71. The fraction of sp³-hybridized carbons (Fsp3) is 0.739. The van der Waals surface area contributed by atoms with Crippen molar-refractivity contribution in [3.05, 3.63) is 22.6 Å². The Bertz CT molecular complexity index is 657. The highest BCUT2D eigenvalue weighted by Crippen LogP contribution is 2.24. The standard InChI is InChI=1S/C23H39NO5/c1-7-8-9-12-20-17(2)18(3)21(29-20)13-10-11-14-23(27)28-19(15-22(25)26)16-24(4,5)6/h19H,7-16H2,1-6H3/p+1. The first-order chi connectivity index (χ1) is 13.5. The minimum Gasteiger partial charge on any atom is -0.481 e. The molecular formula is C23H40NO5+. The number of carbonyl (C=O) groups is 2. The first-order valence-electron chi connectivity index (χ1n) is 10.8. The fourth-order valence-electron chi connectivity index (χ4n) is 3.48. The molecule has 1 aromatic rings. The lowest BCUT2D eigenvalue weighted by atomic mass is 10.1. The van der Waals surface area contributed by atoms with Gasteiger partial charge < -0.3 is 18.7 Å². The second kappa shape index (κ2) is 12.0. The molecular weight excluding hydrogens is 370 g/mol. The second-order valence-corrected chi connectivity index (χ2v) is 9.05. The van der Waals surface area contributed by atoms with E-state index in [-0.39, 0.29) is 12.4 Å². The van der Waals surface area contributed by atoms with Gasteiger partial charge in [0, 0.05) is 19.3 Å². The molecule has 0 spiro atoms. The fourth-order valence-corrected chi connectivity index (χ4v) is 3.48. The molecule has 0 aliphatic heterocycles. The third-order valence-electron chi connectivity index (χ3n) is 5.14. The van der Waals surface area contributed by atoms with Crippen LogP contribution in [0.15, 0.2) is 4.42 Å². The van der Waals surface area contributed by atoms with Crippen LogP contribution in [0.5, 0.6) is 0 Å². The number of aliphatic carboxylic acids is 1. The van der Waals surface area contributed by atoms with Gasteiger partial charge in [-0.2, -0.15) is 0 Å². The highest BCUT2D eigenvalue weighted by atomic mass is 16.5. The quantitative estimate of drug-likeness (QED) is 0.279. The Hall–Kier alpha value is -1.82. The first kappa shape index (κ1) is 25.2. The number of furan rings is 1. The number of rotatable bonds is 14. The van der Waals surface area contributed by atoms with E-state index in [9.17, 15) is 9.59 Å². The third kappa shape index (κ3) is 9.97. The molecule has 0 fully saturated rings. The number of nitrogens with zero attached hydrogens (tertiary/aromatic N) is 1. The number of quaternary nitrogens is 1. The van der Waals surface area contributed by atoms with E-state index in [0.29, 0.717) is 23.9 Å².